The Morgan fingerprint density at radius 3 is 2.78 bits per heavy atom. The van der Waals surface area contributed by atoms with Gasteiger partial charge >= 0.3 is 0 Å². The van der Waals surface area contributed by atoms with Crippen molar-refractivity contribution in [1.29, 1.82) is 0 Å². The number of rotatable bonds is 1. The quantitative estimate of drug-likeness (QED) is 0.857. The van der Waals surface area contributed by atoms with E-state index in [0.717, 1.165) is 23.5 Å². The van der Waals surface area contributed by atoms with Gasteiger partial charge in [0.15, 0.2) is 0 Å². The molecule has 0 amide bonds. The highest BCUT2D eigenvalue weighted by molar-refractivity contribution is 7.15. The zero-order chi connectivity index (χ0) is 12.7. The van der Waals surface area contributed by atoms with Crippen molar-refractivity contribution in [2.75, 3.05) is 0 Å². The summed E-state index contributed by atoms with van der Waals surface area (Å²) in [6.07, 6.45) is 0.807. The van der Waals surface area contributed by atoms with Crippen LogP contribution in [0.25, 0.3) is 10.6 Å². The third-order valence-electron chi connectivity index (χ3n) is 3.07. The van der Waals surface area contributed by atoms with Crippen LogP contribution < -0.4 is 5.32 Å². The zero-order valence-electron chi connectivity index (χ0n) is 9.84. The minimum atomic E-state index is -0.554. The molecule has 0 fully saturated rings. The highest BCUT2D eigenvalue weighted by Gasteiger charge is 2.22. The maximum atomic E-state index is 13.7. The van der Waals surface area contributed by atoms with Gasteiger partial charge in [-0.3, -0.25) is 0 Å². The smallest absolute Gasteiger partial charge is 0.136 e. The van der Waals surface area contributed by atoms with Crippen molar-refractivity contribution >= 4 is 11.3 Å². The lowest BCUT2D eigenvalue weighted by atomic mass is 10.1. The lowest BCUT2D eigenvalue weighted by Gasteiger charge is -2.18. The lowest BCUT2D eigenvalue weighted by Crippen LogP contribution is -2.32. The SMILES string of the molecule is CC1Cc2nc(-c3c(F)cccc3F)sc2CN1. The van der Waals surface area contributed by atoms with Gasteiger partial charge in [-0.25, -0.2) is 13.8 Å². The first-order chi connectivity index (χ1) is 8.65. The maximum absolute atomic E-state index is 13.7. The average Bonchev–Trinajstić information content (AvgIpc) is 2.71. The molecule has 1 aliphatic heterocycles. The van der Waals surface area contributed by atoms with E-state index in [0.29, 0.717) is 11.0 Å². The van der Waals surface area contributed by atoms with Crippen molar-refractivity contribution in [1.82, 2.24) is 10.3 Å². The fourth-order valence-electron chi connectivity index (χ4n) is 2.12. The van der Waals surface area contributed by atoms with Crippen molar-refractivity contribution in [2.24, 2.45) is 0 Å². The predicted octanol–water partition coefficient (Wildman–Crippen LogP) is 3.12. The van der Waals surface area contributed by atoms with Crippen LogP contribution in [-0.2, 0) is 13.0 Å². The standard InChI is InChI=1S/C13H12F2N2S/c1-7-5-10-11(6-16-7)18-13(17-10)12-8(14)3-2-4-9(12)15/h2-4,7,16H,5-6H2,1H3. The van der Waals surface area contributed by atoms with Crippen molar-refractivity contribution in [3.63, 3.8) is 0 Å². The van der Waals surface area contributed by atoms with E-state index in [1.165, 1.54) is 29.5 Å². The molecule has 3 rings (SSSR count). The number of thiazole rings is 1. The van der Waals surface area contributed by atoms with Crippen molar-refractivity contribution in [3.8, 4) is 10.6 Å². The zero-order valence-corrected chi connectivity index (χ0v) is 10.7. The molecule has 0 bridgehead atoms. The number of nitrogens with one attached hydrogen (secondary N) is 1. The van der Waals surface area contributed by atoms with Gasteiger partial charge in [0.2, 0.25) is 0 Å². The van der Waals surface area contributed by atoms with E-state index in [4.69, 9.17) is 0 Å². The Balaban J connectivity index is 2.08. The van der Waals surface area contributed by atoms with E-state index in [1.54, 1.807) is 0 Å². The number of hydrogen-bond acceptors (Lipinski definition) is 3. The highest BCUT2D eigenvalue weighted by atomic mass is 32.1. The van der Waals surface area contributed by atoms with Crippen LogP contribution in [0.4, 0.5) is 8.78 Å². The van der Waals surface area contributed by atoms with Crippen LogP contribution >= 0.6 is 11.3 Å². The van der Waals surface area contributed by atoms with Gasteiger partial charge in [-0.1, -0.05) is 6.07 Å². The van der Waals surface area contributed by atoms with Gasteiger partial charge in [-0.2, -0.15) is 0 Å². The normalized spacial score (nSPS) is 18.7. The molecule has 2 aromatic rings. The molecule has 2 nitrogen and oxygen atoms in total. The fourth-order valence-corrected chi connectivity index (χ4v) is 3.21. The van der Waals surface area contributed by atoms with Gasteiger partial charge in [0.05, 0.1) is 11.3 Å². The van der Waals surface area contributed by atoms with Crippen molar-refractivity contribution in [3.05, 3.63) is 40.4 Å². The van der Waals surface area contributed by atoms with Crippen LogP contribution in [0.3, 0.4) is 0 Å². The topological polar surface area (TPSA) is 24.9 Å². The van der Waals surface area contributed by atoms with Crippen molar-refractivity contribution in [2.45, 2.75) is 25.9 Å². The van der Waals surface area contributed by atoms with E-state index in [2.05, 4.69) is 17.2 Å². The number of fused-ring (bicyclic) bond motifs is 1. The number of hydrogen-bond donors (Lipinski definition) is 1. The molecular formula is C13H12F2N2S. The molecule has 1 aromatic carbocycles. The largest absolute Gasteiger partial charge is 0.309 e. The van der Waals surface area contributed by atoms with E-state index in [9.17, 15) is 8.78 Å². The molecule has 1 aromatic heterocycles. The molecule has 1 N–H and O–H groups in total. The Kier molecular flexibility index (Phi) is 2.87. The second kappa shape index (κ2) is 4.40. The summed E-state index contributed by atoms with van der Waals surface area (Å²) in [5.41, 5.74) is 0.952. The van der Waals surface area contributed by atoms with E-state index >= 15 is 0 Å². The molecule has 1 unspecified atom stereocenters. The van der Waals surface area contributed by atoms with E-state index in [1.807, 2.05) is 0 Å². The summed E-state index contributed by atoms with van der Waals surface area (Å²) in [4.78, 5) is 5.47. The monoisotopic (exact) mass is 266 g/mol. The molecule has 0 spiro atoms. The molecule has 18 heavy (non-hydrogen) atoms. The average molecular weight is 266 g/mol. The van der Waals surface area contributed by atoms with Crippen LogP contribution in [-0.4, -0.2) is 11.0 Å². The molecule has 0 aliphatic carbocycles. The number of nitrogens with zero attached hydrogens (tertiary/aromatic N) is 1. The maximum Gasteiger partial charge on any atom is 0.136 e. The van der Waals surface area contributed by atoms with Crippen LogP contribution in [0.15, 0.2) is 18.2 Å². The molecule has 0 radical (unpaired) electrons. The van der Waals surface area contributed by atoms with Crippen LogP contribution in [0, 0.1) is 11.6 Å². The molecule has 1 aliphatic rings. The highest BCUT2D eigenvalue weighted by Crippen LogP contribution is 2.33. The third-order valence-corrected chi connectivity index (χ3v) is 4.18. The molecule has 0 saturated carbocycles. The minimum absolute atomic E-state index is 0.00967. The Morgan fingerprint density at radius 2 is 2.06 bits per heavy atom. The summed E-state index contributed by atoms with van der Waals surface area (Å²) in [5, 5.41) is 3.75. The first-order valence-electron chi connectivity index (χ1n) is 5.81. The van der Waals surface area contributed by atoms with Crippen LogP contribution in [0.1, 0.15) is 17.5 Å². The van der Waals surface area contributed by atoms with Crippen LogP contribution in [0.5, 0.6) is 0 Å². The molecule has 1 atom stereocenters. The summed E-state index contributed by atoms with van der Waals surface area (Å²) >= 11 is 1.37. The minimum Gasteiger partial charge on any atom is -0.309 e. The van der Waals surface area contributed by atoms with Crippen LogP contribution in [0.2, 0.25) is 0 Å². The Bertz CT molecular complexity index is 574. The third kappa shape index (κ3) is 1.93. The summed E-state index contributed by atoms with van der Waals surface area (Å²) in [6, 6.07) is 4.25. The number of benzene rings is 1. The summed E-state index contributed by atoms with van der Waals surface area (Å²) in [5.74, 6) is -1.11. The van der Waals surface area contributed by atoms with E-state index in [-0.39, 0.29) is 5.56 Å². The number of halogens is 2. The Hall–Kier alpha value is -1.33. The lowest BCUT2D eigenvalue weighted by molar-refractivity contribution is 0.513. The first kappa shape index (κ1) is 11.7. The Morgan fingerprint density at radius 1 is 1.33 bits per heavy atom. The molecule has 5 heteroatoms. The molecule has 0 saturated heterocycles. The molecule has 94 valence electrons. The molecular weight excluding hydrogens is 254 g/mol. The van der Waals surface area contributed by atoms with Crippen molar-refractivity contribution < 1.29 is 8.78 Å². The Labute approximate surface area is 108 Å². The predicted molar refractivity (Wildman–Crippen MR) is 67.5 cm³/mol. The van der Waals surface area contributed by atoms with E-state index < -0.39 is 11.6 Å². The second-order valence-corrected chi connectivity index (χ2v) is 5.56. The van der Waals surface area contributed by atoms with Gasteiger partial charge in [0.25, 0.3) is 0 Å². The van der Waals surface area contributed by atoms with Gasteiger partial charge in [0, 0.05) is 23.9 Å². The number of aromatic nitrogens is 1. The summed E-state index contributed by atoms with van der Waals surface area (Å²) < 4.78 is 27.4. The van der Waals surface area contributed by atoms with Gasteiger partial charge in [-0.15, -0.1) is 11.3 Å². The van der Waals surface area contributed by atoms with Gasteiger partial charge in [0.1, 0.15) is 16.6 Å². The van der Waals surface area contributed by atoms with Gasteiger partial charge < -0.3 is 5.32 Å². The van der Waals surface area contributed by atoms with Gasteiger partial charge in [-0.05, 0) is 19.1 Å². The second-order valence-electron chi connectivity index (χ2n) is 4.47. The molecule has 2 heterocycles. The fraction of sp³-hybridized carbons (Fsp3) is 0.308. The summed E-state index contributed by atoms with van der Waals surface area (Å²) in [6.45, 7) is 2.80. The summed E-state index contributed by atoms with van der Waals surface area (Å²) in [7, 11) is 0. The first-order valence-corrected chi connectivity index (χ1v) is 6.63.